The molecule has 0 radical (unpaired) electrons. The van der Waals surface area contributed by atoms with E-state index in [1.165, 1.54) is 6.92 Å². The average Bonchev–Trinajstić information content (AvgIpc) is 3.36. The van der Waals surface area contributed by atoms with E-state index in [0.717, 1.165) is 33.1 Å². The van der Waals surface area contributed by atoms with Crippen molar-refractivity contribution in [3.63, 3.8) is 0 Å². The molecule has 1 saturated heterocycles. The molecule has 13 atom stereocenters. The number of amides is 11. The average molecular weight is 1120 g/mol. The first kappa shape index (κ1) is 69.9. The molecule has 30 nitrogen and oxygen atoms in total. The molecule has 30 heteroatoms. The van der Waals surface area contributed by atoms with Gasteiger partial charge in [-0.3, -0.25) is 52.7 Å². The Morgan fingerprint density at radius 2 is 1.05 bits per heavy atom. The summed E-state index contributed by atoms with van der Waals surface area (Å²) in [5.41, 5.74) is 23.0. The van der Waals surface area contributed by atoms with Crippen molar-refractivity contribution in [2.75, 3.05) is 39.3 Å². The zero-order chi connectivity index (χ0) is 59.2. The van der Waals surface area contributed by atoms with Crippen LogP contribution in [0, 0.1) is 5.92 Å². The summed E-state index contributed by atoms with van der Waals surface area (Å²) in [5, 5.41) is 68.8. The van der Waals surface area contributed by atoms with Crippen LogP contribution in [0.3, 0.4) is 0 Å². The summed E-state index contributed by atoms with van der Waals surface area (Å²) in [7, 11) is 0. The van der Waals surface area contributed by atoms with E-state index in [1.807, 2.05) is 6.92 Å². The van der Waals surface area contributed by atoms with E-state index in [-0.39, 0.29) is 70.6 Å². The molecule has 1 aliphatic heterocycles. The Balaban J connectivity index is 3.78. The Morgan fingerprint density at radius 3 is 1.53 bits per heavy atom. The molecular weight excluding hydrogens is 1030 g/mol. The summed E-state index contributed by atoms with van der Waals surface area (Å²) in [6.45, 7) is 6.64. The summed E-state index contributed by atoms with van der Waals surface area (Å²) in [6, 6.07) is -16.0. The van der Waals surface area contributed by atoms with Crippen LogP contribution in [-0.4, -0.2) is 203 Å². The van der Waals surface area contributed by atoms with Crippen LogP contribution in [0.1, 0.15) is 112 Å². The molecular formula is C48H89N15O15. The van der Waals surface area contributed by atoms with Crippen LogP contribution in [0.15, 0.2) is 0 Å². The number of carbonyl (C=O) groups is 11. The van der Waals surface area contributed by atoms with Gasteiger partial charge in [-0.25, -0.2) is 0 Å². The minimum absolute atomic E-state index is 0.0437. The second-order valence-electron chi connectivity index (χ2n) is 19.7. The van der Waals surface area contributed by atoms with E-state index in [4.69, 9.17) is 22.9 Å². The fourth-order valence-corrected chi connectivity index (χ4v) is 7.93. The highest BCUT2D eigenvalue weighted by molar-refractivity contribution is 5.99. The lowest BCUT2D eigenvalue weighted by Gasteiger charge is -2.29. The molecule has 0 saturated carbocycles. The van der Waals surface area contributed by atoms with Crippen LogP contribution in [0.4, 0.5) is 0 Å². The monoisotopic (exact) mass is 1120 g/mol. The Kier molecular flexibility index (Phi) is 33.0. The molecule has 0 bridgehead atoms. The van der Waals surface area contributed by atoms with E-state index in [1.54, 1.807) is 13.8 Å². The zero-order valence-corrected chi connectivity index (χ0v) is 45.7. The third-order valence-electron chi connectivity index (χ3n) is 12.3. The van der Waals surface area contributed by atoms with Crippen molar-refractivity contribution in [3.8, 4) is 0 Å². The number of rotatable bonds is 26. The van der Waals surface area contributed by atoms with Crippen LogP contribution in [0.5, 0.6) is 0 Å². The fraction of sp³-hybridized carbons (Fsp3) is 0.771. The molecule has 1 aliphatic rings. The van der Waals surface area contributed by atoms with Crippen LogP contribution >= 0.6 is 0 Å². The Morgan fingerprint density at radius 1 is 0.564 bits per heavy atom. The number of nitrogens with one attached hydrogen (secondary N) is 11. The summed E-state index contributed by atoms with van der Waals surface area (Å²) in [5.74, 6) is -11.1. The van der Waals surface area contributed by atoms with Crippen LogP contribution in [0.2, 0.25) is 0 Å². The van der Waals surface area contributed by atoms with Crippen molar-refractivity contribution >= 4 is 65.0 Å². The highest BCUT2D eigenvalue weighted by Crippen LogP contribution is 2.10. The molecule has 0 aromatic heterocycles. The molecule has 1 fully saturated rings. The van der Waals surface area contributed by atoms with Gasteiger partial charge >= 0.3 is 0 Å². The molecule has 0 aromatic rings. The molecule has 0 aliphatic carbocycles. The lowest BCUT2D eigenvalue weighted by atomic mass is 10.0. The Hall–Kier alpha value is -6.15. The second kappa shape index (κ2) is 36.9. The first-order valence-corrected chi connectivity index (χ1v) is 26.6. The number of carbonyl (C=O) groups excluding carboxylic acids is 11. The van der Waals surface area contributed by atoms with Crippen LogP contribution in [-0.2, 0) is 52.7 Å². The van der Waals surface area contributed by atoms with Gasteiger partial charge in [0.05, 0.1) is 24.9 Å². The molecule has 0 spiro atoms. The SMILES string of the molecule is CCCCCCC(=O)N[C@@H](CCN)C(=O)N[C@H](C(=O)N[C@H](CO)C(=O)N[C@H]1CCNC(=O)[C@H]([C@@H](C)O)NC(=O)[C@H](CCN)NC(=O)[C@H](CCN)NC(=O)[C@H]([C@@H](C)O)NC(=O)[C@@H](CC(C)C)NC(=O)[C@H](CCN)NC1=O)[C@@H](C)O. The lowest BCUT2D eigenvalue weighted by Crippen LogP contribution is -2.62. The number of hydrogen-bond donors (Lipinski definition) is 19. The van der Waals surface area contributed by atoms with Gasteiger partial charge in [-0.05, 0) is 97.8 Å². The van der Waals surface area contributed by atoms with Gasteiger partial charge in [0.15, 0.2) is 0 Å². The highest BCUT2D eigenvalue weighted by atomic mass is 16.3. The normalized spacial score (nSPS) is 23.9. The number of hydrogen-bond acceptors (Lipinski definition) is 19. The smallest absolute Gasteiger partial charge is 0.245 e. The maximum Gasteiger partial charge on any atom is 0.245 e. The lowest BCUT2D eigenvalue weighted by molar-refractivity contribution is -0.137. The zero-order valence-electron chi connectivity index (χ0n) is 45.7. The largest absolute Gasteiger partial charge is 0.394 e. The van der Waals surface area contributed by atoms with Crippen molar-refractivity contribution in [1.82, 2.24) is 58.5 Å². The van der Waals surface area contributed by atoms with Crippen molar-refractivity contribution in [2.45, 2.75) is 191 Å². The van der Waals surface area contributed by atoms with Crippen molar-refractivity contribution in [3.05, 3.63) is 0 Å². The minimum atomic E-state index is -1.90. The Bertz CT molecular complexity index is 1980. The number of unbranched alkanes of at least 4 members (excludes halogenated alkanes) is 3. The van der Waals surface area contributed by atoms with Crippen molar-refractivity contribution in [1.29, 1.82) is 0 Å². The topological polar surface area (TPSA) is 505 Å². The second-order valence-corrected chi connectivity index (χ2v) is 19.7. The maximum absolute atomic E-state index is 14.2. The predicted molar refractivity (Wildman–Crippen MR) is 282 cm³/mol. The van der Waals surface area contributed by atoms with Crippen molar-refractivity contribution < 1.29 is 73.2 Å². The van der Waals surface area contributed by atoms with Gasteiger partial charge in [0.25, 0.3) is 0 Å². The van der Waals surface area contributed by atoms with E-state index in [9.17, 15) is 73.2 Å². The Labute approximate surface area is 454 Å². The van der Waals surface area contributed by atoms with Gasteiger partial charge in [-0.2, -0.15) is 0 Å². The molecule has 78 heavy (non-hydrogen) atoms. The number of aliphatic hydroxyl groups excluding tert-OH is 4. The number of aliphatic hydroxyl groups is 4. The molecule has 446 valence electrons. The van der Waals surface area contributed by atoms with E-state index in [0.29, 0.717) is 6.42 Å². The first-order chi connectivity index (χ1) is 36.8. The van der Waals surface area contributed by atoms with Crippen molar-refractivity contribution in [2.24, 2.45) is 28.9 Å². The predicted octanol–water partition coefficient (Wildman–Crippen LogP) is -8.10. The molecule has 1 heterocycles. The van der Waals surface area contributed by atoms with Gasteiger partial charge in [0, 0.05) is 13.0 Å². The first-order valence-electron chi connectivity index (χ1n) is 26.6. The van der Waals surface area contributed by atoms with E-state index in [2.05, 4.69) is 58.5 Å². The van der Waals surface area contributed by atoms with Gasteiger partial charge in [0.1, 0.15) is 60.4 Å². The van der Waals surface area contributed by atoms with Crippen LogP contribution in [0.25, 0.3) is 0 Å². The van der Waals surface area contributed by atoms with Crippen LogP contribution < -0.4 is 81.4 Å². The summed E-state index contributed by atoms with van der Waals surface area (Å²) < 4.78 is 0. The van der Waals surface area contributed by atoms with E-state index < -0.39 is 163 Å². The fourth-order valence-electron chi connectivity index (χ4n) is 7.93. The molecule has 11 amide bonds. The van der Waals surface area contributed by atoms with Gasteiger partial charge < -0.3 is 102 Å². The van der Waals surface area contributed by atoms with E-state index >= 15 is 0 Å². The summed E-state index contributed by atoms with van der Waals surface area (Å²) in [6.07, 6.45) is -2.82. The van der Waals surface area contributed by atoms with Gasteiger partial charge in [-0.1, -0.05) is 40.0 Å². The molecule has 1 rings (SSSR count). The summed E-state index contributed by atoms with van der Waals surface area (Å²) in [4.78, 5) is 150. The third kappa shape index (κ3) is 24.7. The van der Waals surface area contributed by atoms with Gasteiger partial charge in [0.2, 0.25) is 65.0 Å². The third-order valence-corrected chi connectivity index (χ3v) is 12.3. The molecule has 0 unspecified atom stereocenters. The minimum Gasteiger partial charge on any atom is -0.394 e. The molecule has 0 aromatic carbocycles. The number of nitrogens with two attached hydrogens (primary N) is 4. The van der Waals surface area contributed by atoms with Gasteiger partial charge in [-0.15, -0.1) is 0 Å². The molecule has 23 N–H and O–H groups in total. The highest BCUT2D eigenvalue weighted by Gasteiger charge is 2.38. The quantitative estimate of drug-likeness (QED) is 0.0358. The summed E-state index contributed by atoms with van der Waals surface area (Å²) >= 11 is 0. The maximum atomic E-state index is 14.2. The standard InChI is InChI=1S/C48H89N15O15/c1-7-8-9-10-11-35(68)54-28(12-17-49)42(72)62-38(27(6)67)48(78)60-34(23-64)45(75)57-32-16-21-53-46(76)36(25(4)65)61-43(73)31(15-20-52)56-39(69)30(14-19-51)58-47(77)37(26(5)66)63-44(74)33(22-24(2)3)59-40(70)29(13-18-50)55-41(32)71/h24-34,36-38,64-67H,7-23,49-52H2,1-6H3,(H,53,76)(H,54,68)(H,55,71)(H,56,69)(H,57,75)(H,58,77)(H,59,70)(H,60,78)(H,61,73)(H,62,72)(H,63,74)/t25-,26-,27-,28+,29+,30+,31+,32+,33-,34-,36+,37+,38+/m1/s1.